The van der Waals surface area contributed by atoms with E-state index in [1.54, 1.807) is 0 Å². The predicted octanol–water partition coefficient (Wildman–Crippen LogP) is 1.04. The van der Waals surface area contributed by atoms with Crippen LogP contribution in [-0.2, 0) is 0 Å². The number of nitrogens with zero attached hydrogens (tertiary/aromatic N) is 1. The fraction of sp³-hybridized carbons (Fsp3) is 1.00. The molecule has 0 saturated heterocycles. The second kappa shape index (κ2) is 3.58. The van der Waals surface area contributed by atoms with Gasteiger partial charge >= 0.3 is 0 Å². The largest absolute Gasteiger partial charge is 0.307 e. The van der Waals surface area contributed by atoms with Crippen LogP contribution in [0.4, 0.5) is 0 Å². The van der Waals surface area contributed by atoms with E-state index in [0.717, 1.165) is 6.54 Å². The van der Waals surface area contributed by atoms with Gasteiger partial charge in [0.05, 0.1) is 4.71 Å². The molecular weight excluding hydrogens is 130 g/mol. The van der Waals surface area contributed by atoms with Crippen LogP contribution in [0.5, 0.6) is 0 Å². The summed E-state index contributed by atoms with van der Waals surface area (Å²) in [4.78, 5) is 1.99. The Morgan fingerprint density at radius 2 is 2.14 bits per heavy atom. The first-order valence-electron chi connectivity index (χ1n) is 2.10. The normalized spacial score (nSPS) is 15.0. The van der Waals surface area contributed by atoms with Crippen LogP contribution in [0.3, 0.4) is 0 Å². The second-order valence-corrected chi connectivity index (χ2v) is 3.15. The maximum atomic E-state index is 5.50. The van der Waals surface area contributed by atoms with E-state index in [1.165, 1.54) is 0 Å². The Morgan fingerprint density at radius 3 is 2.14 bits per heavy atom. The van der Waals surface area contributed by atoms with E-state index >= 15 is 0 Å². The maximum absolute atomic E-state index is 5.50. The molecule has 0 radical (unpaired) electrons. The third-order valence-electron chi connectivity index (χ3n) is 0.516. The summed E-state index contributed by atoms with van der Waals surface area (Å²) in [7, 11) is 3.93. The van der Waals surface area contributed by atoms with Crippen LogP contribution in [0.1, 0.15) is 0 Å². The van der Waals surface area contributed by atoms with Crippen molar-refractivity contribution in [2.75, 3.05) is 20.6 Å². The summed E-state index contributed by atoms with van der Waals surface area (Å²) < 4.78 is -0.0324. The van der Waals surface area contributed by atoms with Crippen molar-refractivity contribution in [1.29, 1.82) is 0 Å². The predicted molar refractivity (Wildman–Crippen MR) is 37.2 cm³/mol. The van der Waals surface area contributed by atoms with Crippen molar-refractivity contribution in [3.8, 4) is 0 Å². The number of thiol groups is 1. The topological polar surface area (TPSA) is 3.24 Å². The Morgan fingerprint density at radius 1 is 1.71 bits per heavy atom. The van der Waals surface area contributed by atoms with Gasteiger partial charge in [0, 0.05) is 6.54 Å². The molecule has 1 nitrogen and oxygen atoms in total. The standard InChI is InChI=1S/C4H10ClNS/c1-6(2)3-4(5)7/h4,7H,3H2,1-2H3. The lowest BCUT2D eigenvalue weighted by Gasteiger charge is -2.08. The van der Waals surface area contributed by atoms with Crippen molar-refractivity contribution < 1.29 is 0 Å². The number of hydrogen-bond acceptors (Lipinski definition) is 2. The number of hydrogen-bond donors (Lipinski definition) is 1. The molecule has 44 valence electrons. The molecule has 0 aliphatic carbocycles. The zero-order chi connectivity index (χ0) is 5.86. The molecule has 0 spiro atoms. The van der Waals surface area contributed by atoms with Gasteiger partial charge in [-0.2, -0.15) is 12.6 Å². The molecule has 0 bridgehead atoms. The summed E-state index contributed by atoms with van der Waals surface area (Å²) in [6.45, 7) is 0.824. The molecule has 0 aromatic carbocycles. The van der Waals surface area contributed by atoms with Crippen LogP contribution in [0, 0.1) is 0 Å². The average molecular weight is 140 g/mol. The summed E-state index contributed by atoms with van der Waals surface area (Å²) in [6.07, 6.45) is 0. The highest BCUT2D eigenvalue weighted by Crippen LogP contribution is 1.99. The van der Waals surface area contributed by atoms with Gasteiger partial charge < -0.3 is 4.90 Å². The van der Waals surface area contributed by atoms with Gasteiger partial charge in [-0.15, -0.1) is 11.6 Å². The van der Waals surface area contributed by atoms with Crippen molar-refractivity contribution in [1.82, 2.24) is 4.90 Å². The molecule has 0 aromatic heterocycles. The van der Waals surface area contributed by atoms with E-state index in [-0.39, 0.29) is 4.71 Å². The molecule has 7 heavy (non-hydrogen) atoms. The first-order valence-corrected chi connectivity index (χ1v) is 3.05. The first-order chi connectivity index (χ1) is 3.13. The zero-order valence-corrected chi connectivity index (χ0v) is 6.21. The van der Waals surface area contributed by atoms with E-state index in [4.69, 9.17) is 11.6 Å². The van der Waals surface area contributed by atoms with Crippen LogP contribution in [0.2, 0.25) is 0 Å². The summed E-state index contributed by atoms with van der Waals surface area (Å²) in [6, 6.07) is 0. The maximum Gasteiger partial charge on any atom is 0.0886 e. The van der Waals surface area contributed by atoms with Gasteiger partial charge in [0.2, 0.25) is 0 Å². The van der Waals surface area contributed by atoms with E-state index in [2.05, 4.69) is 12.6 Å². The number of alkyl halides is 1. The fourth-order valence-electron chi connectivity index (χ4n) is 0.301. The molecule has 3 heteroatoms. The Bertz CT molecular complexity index is 41.0. The highest BCUT2D eigenvalue weighted by Gasteiger charge is 1.95. The van der Waals surface area contributed by atoms with Gasteiger partial charge in [0.25, 0.3) is 0 Å². The minimum absolute atomic E-state index is 0.0324. The molecular formula is C4H10ClNS. The molecule has 0 N–H and O–H groups in total. The third-order valence-corrected chi connectivity index (χ3v) is 0.817. The summed E-state index contributed by atoms with van der Waals surface area (Å²) >= 11 is 9.46. The Kier molecular flexibility index (Phi) is 3.89. The van der Waals surface area contributed by atoms with Crippen LogP contribution in [0.25, 0.3) is 0 Å². The minimum Gasteiger partial charge on any atom is -0.307 e. The summed E-state index contributed by atoms with van der Waals surface area (Å²) in [5, 5.41) is 0. The van der Waals surface area contributed by atoms with Gasteiger partial charge in [-0.05, 0) is 14.1 Å². The highest BCUT2D eigenvalue weighted by molar-refractivity contribution is 7.82. The molecule has 0 aliphatic heterocycles. The minimum atomic E-state index is -0.0324. The quantitative estimate of drug-likeness (QED) is 0.442. The molecule has 0 amide bonds. The van der Waals surface area contributed by atoms with Gasteiger partial charge in [0.15, 0.2) is 0 Å². The molecule has 1 atom stereocenters. The van der Waals surface area contributed by atoms with Crippen molar-refractivity contribution >= 4 is 24.2 Å². The number of rotatable bonds is 2. The molecule has 0 rings (SSSR count). The third kappa shape index (κ3) is 6.60. The average Bonchev–Trinajstić information content (AvgIpc) is 1.27. The second-order valence-electron chi connectivity index (χ2n) is 1.70. The van der Waals surface area contributed by atoms with Gasteiger partial charge in [-0.1, -0.05) is 0 Å². The molecule has 0 aliphatic rings. The Hall–Kier alpha value is 0.600. The van der Waals surface area contributed by atoms with E-state index in [0.29, 0.717) is 0 Å². The zero-order valence-electron chi connectivity index (χ0n) is 4.56. The lowest BCUT2D eigenvalue weighted by atomic mass is 10.7. The molecule has 0 fully saturated rings. The summed E-state index contributed by atoms with van der Waals surface area (Å²) in [5.41, 5.74) is 0. The SMILES string of the molecule is CN(C)CC(S)Cl. The smallest absolute Gasteiger partial charge is 0.0886 e. The van der Waals surface area contributed by atoms with E-state index in [9.17, 15) is 0 Å². The lowest BCUT2D eigenvalue weighted by molar-refractivity contribution is 0.430. The lowest BCUT2D eigenvalue weighted by Crippen LogP contribution is -2.18. The van der Waals surface area contributed by atoms with Crippen LogP contribution >= 0.6 is 24.2 Å². The van der Waals surface area contributed by atoms with Gasteiger partial charge in [0.1, 0.15) is 0 Å². The monoisotopic (exact) mass is 139 g/mol. The summed E-state index contributed by atoms with van der Waals surface area (Å²) in [5.74, 6) is 0. The van der Waals surface area contributed by atoms with Crippen LogP contribution in [0.15, 0.2) is 0 Å². The van der Waals surface area contributed by atoms with Crippen molar-refractivity contribution in [2.45, 2.75) is 4.71 Å². The van der Waals surface area contributed by atoms with E-state index < -0.39 is 0 Å². The molecule has 1 unspecified atom stereocenters. The van der Waals surface area contributed by atoms with Gasteiger partial charge in [-0.3, -0.25) is 0 Å². The van der Waals surface area contributed by atoms with Crippen molar-refractivity contribution in [3.05, 3.63) is 0 Å². The Labute approximate surface area is 55.1 Å². The number of halogens is 1. The van der Waals surface area contributed by atoms with E-state index in [1.807, 2.05) is 19.0 Å². The molecule has 0 heterocycles. The van der Waals surface area contributed by atoms with Crippen LogP contribution in [-0.4, -0.2) is 30.2 Å². The molecule has 0 aromatic rings. The fourth-order valence-corrected chi connectivity index (χ4v) is 0.904. The van der Waals surface area contributed by atoms with Crippen molar-refractivity contribution in [2.24, 2.45) is 0 Å². The van der Waals surface area contributed by atoms with Gasteiger partial charge in [-0.25, -0.2) is 0 Å². The molecule has 0 saturated carbocycles. The highest BCUT2D eigenvalue weighted by atomic mass is 35.5. The first kappa shape index (κ1) is 7.60. The van der Waals surface area contributed by atoms with Crippen LogP contribution < -0.4 is 0 Å². The van der Waals surface area contributed by atoms with Crippen molar-refractivity contribution in [3.63, 3.8) is 0 Å². The Balaban J connectivity index is 2.95.